The highest BCUT2D eigenvalue weighted by atomic mass is 32.2. The molecular weight excluding hydrogens is 528 g/mol. The Bertz CT molecular complexity index is 1440. The van der Waals surface area contributed by atoms with Crippen LogP contribution in [0, 0.1) is 12.8 Å². The number of anilines is 1. The van der Waals surface area contributed by atoms with Gasteiger partial charge in [-0.2, -0.15) is 11.3 Å². The van der Waals surface area contributed by atoms with E-state index in [1.165, 1.54) is 28.1 Å². The van der Waals surface area contributed by atoms with Crippen LogP contribution in [-0.4, -0.2) is 43.0 Å². The third kappa shape index (κ3) is 6.11. The first-order valence-electron chi connectivity index (χ1n) is 13.7. The molecule has 1 amide bonds. The fourth-order valence-corrected chi connectivity index (χ4v) is 7.47. The van der Waals surface area contributed by atoms with E-state index >= 15 is 0 Å². The number of rotatable bonds is 8. The highest BCUT2D eigenvalue weighted by Crippen LogP contribution is 2.40. The van der Waals surface area contributed by atoms with Crippen molar-refractivity contribution in [2.45, 2.75) is 69.9 Å². The molecule has 208 valence electrons. The molecule has 2 aliphatic carbocycles. The molecule has 2 fully saturated rings. The van der Waals surface area contributed by atoms with Crippen molar-refractivity contribution in [2.75, 3.05) is 18.6 Å². The molecule has 0 radical (unpaired) electrons. The molecule has 2 aromatic heterocycles. The Labute approximate surface area is 235 Å². The van der Waals surface area contributed by atoms with Gasteiger partial charge in [0.15, 0.2) is 0 Å². The molecule has 1 aromatic carbocycles. The number of aryl methyl sites for hydroxylation is 1. The van der Waals surface area contributed by atoms with E-state index in [4.69, 9.17) is 10.7 Å². The van der Waals surface area contributed by atoms with Crippen LogP contribution in [0.2, 0.25) is 0 Å². The molecule has 3 N–H and O–H groups in total. The summed E-state index contributed by atoms with van der Waals surface area (Å²) in [5, 5.41) is 7.33. The van der Waals surface area contributed by atoms with Crippen LogP contribution < -0.4 is 11.1 Å². The molecule has 0 unspecified atom stereocenters. The van der Waals surface area contributed by atoms with Crippen LogP contribution in [0.1, 0.15) is 62.5 Å². The number of amides is 1. The van der Waals surface area contributed by atoms with E-state index in [1.54, 1.807) is 24.6 Å². The van der Waals surface area contributed by atoms with Gasteiger partial charge in [0.25, 0.3) is 0 Å². The Hall–Kier alpha value is -2.59. The number of hydrogen-bond donors (Lipinski definition) is 2. The van der Waals surface area contributed by atoms with Gasteiger partial charge in [-0.1, -0.05) is 24.3 Å². The minimum atomic E-state index is -3.20. The minimum Gasteiger partial charge on any atom is -0.325 e. The second kappa shape index (κ2) is 11.1. The lowest BCUT2D eigenvalue weighted by molar-refractivity contribution is -0.117. The summed E-state index contributed by atoms with van der Waals surface area (Å²) in [6.45, 7) is 2.09. The van der Waals surface area contributed by atoms with Crippen molar-refractivity contribution in [3.63, 3.8) is 0 Å². The molecule has 5 rings (SSSR count). The fraction of sp³-hybridized carbons (Fsp3) is 0.467. The van der Waals surface area contributed by atoms with Crippen molar-refractivity contribution in [1.29, 1.82) is 0 Å². The molecule has 2 aliphatic rings. The van der Waals surface area contributed by atoms with Crippen LogP contribution in [0.5, 0.6) is 0 Å². The second-order valence-corrected chi connectivity index (χ2v) is 14.2. The molecule has 2 saturated carbocycles. The van der Waals surface area contributed by atoms with Crippen LogP contribution >= 0.6 is 11.3 Å². The average Bonchev–Trinajstić information content (AvgIpc) is 3.32. The van der Waals surface area contributed by atoms with Gasteiger partial charge in [-0.25, -0.2) is 12.7 Å². The highest BCUT2D eigenvalue weighted by molar-refractivity contribution is 7.88. The Morgan fingerprint density at radius 1 is 1.13 bits per heavy atom. The zero-order valence-electron chi connectivity index (χ0n) is 22.9. The fourth-order valence-electron chi connectivity index (χ4n) is 5.87. The standard InChI is InChI=1S/C30H38N4O3S2/c1-20-18-38-19-27(20)26-16-24(17-32-29(26)22-7-9-23(10-8-22)30(31)13-4-14-30)33-28(35)15-21-5-11-25(12-6-21)34(2)39(3,36)37/h7-10,16-19,21,25H,4-6,11-15,31H2,1-3H3,(H,33,35)/t21-,25-. The van der Waals surface area contributed by atoms with E-state index in [-0.39, 0.29) is 23.4 Å². The predicted molar refractivity (Wildman–Crippen MR) is 159 cm³/mol. The first-order chi connectivity index (χ1) is 18.5. The van der Waals surface area contributed by atoms with Crippen molar-refractivity contribution < 1.29 is 13.2 Å². The van der Waals surface area contributed by atoms with Crippen LogP contribution in [0.25, 0.3) is 22.4 Å². The van der Waals surface area contributed by atoms with Crippen molar-refractivity contribution in [1.82, 2.24) is 9.29 Å². The lowest BCUT2D eigenvalue weighted by Gasteiger charge is -2.38. The Balaban J connectivity index is 1.30. The lowest BCUT2D eigenvalue weighted by atomic mass is 9.72. The first-order valence-corrected chi connectivity index (χ1v) is 16.5. The number of nitrogens with one attached hydrogen (secondary N) is 1. The van der Waals surface area contributed by atoms with Crippen LogP contribution in [0.3, 0.4) is 0 Å². The molecule has 0 spiro atoms. The zero-order valence-corrected chi connectivity index (χ0v) is 24.6. The highest BCUT2D eigenvalue weighted by Gasteiger charge is 2.34. The predicted octanol–water partition coefficient (Wildman–Crippen LogP) is 5.90. The third-order valence-corrected chi connectivity index (χ3v) is 10.8. The molecule has 0 bridgehead atoms. The quantitative estimate of drug-likeness (QED) is 0.353. The van der Waals surface area contributed by atoms with Gasteiger partial charge >= 0.3 is 0 Å². The number of sulfonamides is 1. The van der Waals surface area contributed by atoms with E-state index in [1.807, 2.05) is 6.07 Å². The Morgan fingerprint density at radius 3 is 2.38 bits per heavy atom. The summed E-state index contributed by atoms with van der Waals surface area (Å²) in [5.41, 5.74) is 13.4. The van der Waals surface area contributed by atoms with E-state index in [2.05, 4.69) is 47.3 Å². The maximum atomic E-state index is 13.0. The summed E-state index contributed by atoms with van der Waals surface area (Å²) in [7, 11) is -1.55. The number of nitrogens with two attached hydrogens (primary N) is 1. The van der Waals surface area contributed by atoms with Gasteiger partial charge < -0.3 is 11.1 Å². The van der Waals surface area contributed by atoms with E-state index < -0.39 is 10.0 Å². The number of aromatic nitrogens is 1. The smallest absolute Gasteiger partial charge is 0.224 e. The minimum absolute atomic E-state index is 0.0191. The van der Waals surface area contributed by atoms with Gasteiger partial charge in [0.1, 0.15) is 0 Å². The topological polar surface area (TPSA) is 105 Å². The molecule has 9 heteroatoms. The number of hydrogen-bond acceptors (Lipinski definition) is 6. The van der Waals surface area contributed by atoms with Gasteiger partial charge in [0, 0.05) is 36.2 Å². The van der Waals surface area contributed by atoms with Crippen molar-refractivity contribution >= 4 is 33.0 Å². The van der Waals surface area contributed by atoms with E-state index in [9.17, 15) is 13.2 Å². The summed E-state index contributed by atoms with van der Waals surface area (Å²) in [6.07, 6.45) is 9.88. The number of carbonyl (C=O) groups is 1. The van der Waals surface area contributed by atoms with E-state index in [0.717, 1.165) is 60.9 Å². The van der Waals surface area contributed by atoms with Crippen LogP contribution in [0.4, 0.5) is 5.69 Å². The number of thiophene rings is 1. The van der Waals surface area contributed by atoms with Gasteiger partial charge in [0.05, 0.1) is 23.8 Å². The first kappa shape index (κ1) is 28.0. The number of carbonyl (C=O) groups excluding carboxylic acids is 1. The summed E-state index contributed by atoms with van der Waals surface area (Å²) in [6, 6.07) is 10.5. The monoisotopic (exact) mass is 566 g/mol. The average molecular weight is 567 g/mol. The summed E-state index contributed by atoms with van der Waals surface area (Å²) in [4.78, 5) is 17.8. The maximum Gasteiger partial charge on any atom is 0.224 e. The molecule has 0 saturated heterocycles. The van der Waals surface area contributed by atoms with Gasteiger partial charge in [-0.05, 0) is 91.3 Å². The molecule has 2 heterocycles. The largest absolute Gasteiger partial charge is 0.325 e. The maximum absolute atomic E-state index is 13.0. The van der Waals surface area contributed by atoms with E-state index in [0.29, 0.717) is 12.1 Å². The molecule has 0 atom stereocenters. The SMILES string of the molecule is Cc1cscc1-c1cc(NC(=O)C[C@H]2CC[C@H](N(C)S(C)(=O)=O)CC2)cnc1-c1ccc(C2(N)CCC2)cc1. The normalized spacial score (nSPS) is 20.9. The number of nitrogens with zero attached hydrogens (tertiary/aromatic N) is 2. The Kier molecular flexibility index (Phi) is 7.97. The number of pyridine rings is 1. The number of benzene rings is 1. The summed E-state index contributed by atoms with van der Waals surface area (Å²) < 4.78 is 25.2. The third-order valence-electron chi connectivity index (χ3n) is 8.62. The lowest BCUT2D eigenvalue weighted by Crippen LogP contribution is -2.43. The van der Waals surface area contributed by atoms with Crippen molar-refractivity contribution in [2.24, 2.45) is 11.7 Å². The van der Waals surface area contributed by atoms with Gasteiger partial charge in [-0.15, -0.1) is 0 Å². The molecule has 7 nitrogen and oxygen atoms in total. The van der Waals surface area contributed by atoms with Crippen LogP contribution in [-0.2, 0) is 20.4 Å². The van der Waals surface area contributed by atoms with Crippen molar-refractivity contribution in [3.05, 3.63) is 58.4 Å². The van der Waals surface area contributed by atoms with Crippen molar-refractivity contribution in [3.8, 4) is 22.4 Å². The van der Waals surface area contributed by atoms with Gasteiger partial charge in [0.2, 0.25) is 15.9 Å². The molecule has 3 aromatic rings. The van der Waals surface area contributed by atoms with Crippen LogP contribution in [0.15, 0.2) is 47.3 Å². The Morgan fingerprint density at radius 2 is 1.82 bits per heavy atom. The summed E-state index contributed by atoms with van der Waals surface area (Å²) in [5.74, 6) is 0.218. The molecule has 39 heavy (non-hydrogen) atoms. The molecule has 0 aliphatic heterocycles. The molecular formula is C30H38N4O3S2. The zero-order chi connectivity index (χ0) is 27.8. The van der Waals surface area contributed by atoms with Gasteiger partial charge in [-0.3, -0.25) is 9.78 Å². The summed E-state index contributed by atoms with van der Waals surface area (Å²) >= 11 is 1.66. The second-order valence-electron chi connectivity index (χ2n) is 11.4.